The Morgan fingerprint density at radius 2 is 1.79 bits per heavy atom. The Balaban J connectivity index is 2.73. The lowest BCUT2D eigenvalue weighted by atomic mass is 9.93. The molecule has 0 atom stereocenters. The fourth-order valence-corrected chi connectivity index (χ4v) is 1.80. The standard InChI is InChI=1S/C12H20N2/c1-12(2,3)14-11(9-13)10-7-5-4-6-8-10/h14H,4-8H2,1-3H3. The molecule has 1 aliphatic carbocycles. The molecule has 0 aromatic heterocycles. The fourth-order valence-electron chi connectivity index (χ4n) is 1.80. The predicted octanol–water partition coefficient (Wildman–Crippen LogP) is 3.12. The van der Waals surface area contributed by atoms with Gasteiger partial charge in [-0.05, 0) is 52.0 Å². The first-order valence-electron chi connectivity index (χ1n) is 5.43. The van der Waals surface area contributed by atoms with Crippen LogP contribution in [0.2, 0.25) is 0 Å². The van der Waals surface area contributed by atoms with Gasteiger partial charge >= 0.3 is 0 Å². The molecule has 0 heterocycles. The van der Waals surface area contributed by atoms with E-state index in [9.17, 15) is 0 Å². The summed E-state index contributed by atoms with van der Waals surface area (Å²) in [5.74, 6) is 0. The van der Waals surface area contributed by atoms with E-state index in [1.165, 1.54) is 24.8 Å². The third-order valence-electron chi connectivity index (χ3n) is 2.42. The molecule has 1 fully saturated rings. The first-order chi connectivity index (χ1) is 6.53. The molecule has 1 aliphatic rings. The number of nitrogens with one attached hydrogen (secondary N) is 1. The van der Waals surface area contributed by atoms with Gasteiger partial charge in [-0.25, -0.2) is 0 Å². The maximum absolute atomic E-state index is 9.07. The van der Waals surface area contributed by atoms with Crippen molar-refractivity contribution in [3.05, 3.63) is 11.3 Å². The summed E-state index contributed by atoms with van der Waals surface area (Å²) < 4.78 is 0. The highest BCUT2D eigenvalue weighted by atomic mass is 15.0. The number of hydrogen-bond donors (Lipinski definition) is 1. The van der Waals surface area contributed by atoms with Crippen molar-refractivity contribution >= 4 is 0 Å². The molecule has 0 radical (unpaired) electrons. The third-order valence-corrected chi connectivity index (χ3v) is 2.42. The van der Waals surface area contributed by atoms with Gasteiger partial charge in [-0.1, -0.05) is 6.42 Å². The lowest BCUT2D eigenvalue weighted by Gasteiger charge is -2.24. The molecule has 78 valence electrons. The van der Waals surface area contributed by atoms with Crippen LogP contribution in [0.3, 0.4) is 0 Å². The molecule has 2 heteroatoms. The molecule has 2 nitrogen and oxygen atoms in total. The minimum absolute atomic E-state index is 0.00445. The van der Waals surface area contributed by atoms with E-state index < -0.39 is 0 Å². The van der Waals surface area contributed by atoms with Crippen molar-refractivity contribution < 1.29 is 0 Å². The van der Waals surface area contributed by atoms with Gasteiger partial charge < -0.3 is 5.32 Å². The Kier molecular flexibility index (Phi) is 3.57. The molecular weight excluding hydrogens is 172 g/mol. The molecule has 1 N–H and O–H groups in total. The Hall–Kier alpha value is -0.970. The van der Waals surface area contributed by atoms with Crippen molar-refractivity contribution in [1.29, 1.82) is 5.26 Å². The summed E-state index contributed by atoms with van der Waals surface area (Å²) in [6, 6.07) is 2.30. The second kappa shape index (κ2) is 4.50. The van der Waals surface area contributed by atoms with Crippen molar-refractivity contribution in [3.8, 4) is 6.07 Å². The van der Waals surface area contributed by atoms with Crippen LogP contribution >= 0.6 is 0 Å². The van der Waals surface area contributed by atoms with Crippen molar-refractivity contribution in [2.45, 2.75) is 58.4 Å². The van der Waals surface area contributed by atoms with E-state index in [1.807, 2.05) is 0 Å². The number of nitriles is 1. The zero-order valence-electron chi connectivity index (χ0n) is 9.48. The molecule has 0 aliphatic heterocycles. The summed E-state index contributed by atoms with van der Waals surface area (Å²) in [6.07, 6.45) is 6.01. The van der Waals surface area contributed by atoms with Crippen molar-refractivity contribution in [2.75, 3.05) is 0 Å². The smallest absolute Gasteiger partial charge is 0.117 e. The van der Waals surface area contributed by atoms with Gasteiger partial charge in [-0.3, -0.25) is 0 Å². The topological polar surface area (TPSA) is 35.8 Å². The van der Waals surface area contributed by atoms with Gasteiger partial charge in [0, 0.05) is 5.54 Å². The summed E-state index contributed by atoms with van der Waals surface area (Å²) in [4.78, 5) is 0. The minimum atomic E-state index is -0.00445. The summed E-state index contributed by atoms with van der Waals surface area (Å²) in [6.45, 7) is 6.27. The largest absolute Gasteiger partial charge is 0.372 e. The van der Waals surface area contributed by atoms with Crippen LogP contribution in [0.4, 0.5) is 0 Å². The van der Waals surface area contributed by atoms with Gasteiger partial charge in [-0.2, -0.15) is 5.26 Å². The van der Waals surface area contributed by atoms with Gasteiger partial charge in [0.1, 0.15) is 11.8 Å². The van der Waals surface area contributed by atoms with Gasteiger partial charge in [0.25, 0.3) is 0 Å². The molecule has 14 heavy (non-hydrogen) atoms. The van der Waals surface area contributed by atoms with Crippen LogP contribution in [-0.4, -0.2) is 5.54 Å². The Bertz CT molecular complexity index is 255. The third kappa shape index (κ3) is 3.41. The monoisotopic (exact) mass is 192 g/mol. The number of nitrogens with zero attached hydrogens (tertiary/aromatic N) is 1. The zero-order valence-corrected chi connectivity index (χ0v) is 9.48. The Labute approximate surface area is 87.0 Å². The van der Waals surface area contributed by atoms with Crippen LogP contribution in [0.5, 0.6) is 0 Å². The highest BCUT2D eigenvalue weighted by molar-refractivity contribution is 5.28. The quantitative estimate of drug-likeness (QED) is 0.648. The van der Waals surface area contributed by atoms with Crippen molar-refractivity contribution in [2.24, 2.45) is 0 Å². The Morgan fingerprint density at radius 3 is 2.21 bits per heavy atom. The van der Waals surface area contributed by atoms with Crippen molar-refractivity contribution in [3.63, 3.8) is 0 Å². The van der Waals surface area contributed by atoms with Crippen molar-refractivity contribution in [1.82, 2.24) is 5.32 Å². The van der Waals surface area contributed by atoms with Gasteiger partial charge in [-0.15, -0.1) is 0 Å². The normalized spacial score (nSPS) is 17.4. The van der Waals surface area contributed by atoms with E-state index in [1.54, 1.807) is 0 Å². The Morgan fingerprint density at radius 1 is 1.21 bits per heavy atom. The van der Waals surface area contributed by atoms with Crippen LogP contribution in [0.1, 0.15) is 52.9 Å². The van der Waals surface area contributed by atoms with Gasteiger partial charge in [0.2, 0.25) is 0 Å². The first-order valence-corrected chi connectivity index (χ1v) is 5.43. The maximum Gasteiger partial charge on any atom is 0.117 e. The summed E-state index contributed by atoms with van der Waals surface area (Å²) in [7, 11) is 0. The van der Waals surface area contributed by atoms with E-state index >= 15 is 0 Å². The van der Waals surface area contributed by atoms with E-state index in [4.69, 9.17) is 5.26 Å². The molecule has 0 aromatic rings. The fraction of sp³-hybridized carbons (Fsp3) is 0.750. The highest BCUT2D eigenvalue weighted by Crippen LogP contribution is 2.25. The molecule has 1 rings (SSSR count). The molecule has 0 bridgehead atoms. The number of hydrogen-bond acceptors (Lipinski definition) is 2. The van der Waals surface area contributed by atoms with E-state index in [0.717, 1.165) is 18.5 Å². The van der Waals surface area contributed by atoms with Crippen LogP contribution in [0.25, 0.3) is 0 Å². The number of allylic oxidation sites excluding steroid dienone is 2. The summed E-state index contributed by atoms with van der Waals surface area (Å²) >= 11 is 0. The summed E-state index contributed by atoms with van der Waals surface area (Å²) in [5, 5.41) is 12.4. The maximum atomic E-state index is 9.07. The van der Waals surface area contributed by atoms with Crippen LogP contribution < -0.4 is 5.32 Å². The van der Waals surface area contributed by atoms with Gasteiger partial charge in [0.15, 0.2) is 0 Å². The lowest BCUT2D eigenvalue weighted by Crippen LogP contribution is -2.35. The average Bonchev–Trinajstić information content (AvgIpc) is 2.14. The first kappa shape index (κ1) is 11.1. The molecule has 0 aromatic carbocycles. The van der Waals surface area contributed by atoms with Gasteiger partial charge in [0.05, 0.1) is 0 Å². The second-order valence-corrected chi connectivity index (χ2v) is 5.03. The van der Waals surface area contributed by atoms with Crippen LogP contribution in [-0.2, 0) is 0 Å². The molecule has 0 saturated heterocycles. The SMILES string of the molecule is CC(C)(C)NC(C#N)=C1CCCCC1. The lowest BCUT2D eigenvalue weighted by molar-refractivity contribution is 0.471. The zero-order chi connectivity index (χ0) is 10.6. The van der Waals surface area contributed by atoms with E-state index in [2.05, 4.69) is 32.2 Å². The second-order valence-electron chi connectivity index (χ2n) is 5.03. The van der Waals surface area contributed by atoms with Crippen LogP contribution in [0.15, 0.2) is 11.3 Å². The number of rotatable bonds is 1. The summed E-state index contributed by atoms with van der Waals surface area (Å²) in [5.41, 5.74) is 2.14. The van der Waals surface area contributed by atoms with Crippen LogP contribution in [0, 0.1) is 11.3 Å². The molecular formula is C12H20N2. The average molecular weight is 192 g/mol. The molecule has 0 unspecified atom stereocenters. The minimum Gasteiger partial charge on any atom is -0.372 e. The molecule has 1 saturated carbocycles. The predicted molar refractivity (Wildman–Crippen MR) is 58.6 cm³/mol. The highest BCUT2D eigenvalue weighted by Gasteiger charge is 2.16. The molecule has 0 amide bonds. The van der Waals surface area contributed by atoms with E-state index in [0.29, 0.717) is 0 Å². The molecule has 0 spiro atoms. The van der Waals surface area contributed by atoms with E-state index in [-0.39, 0.29) is 5.54 Å².